The lowest BCUT2D eigenvalue weighted by Crippen LogP contribution is -2.37. The number of carboxylic acids is 1. The second-order valence-corrected chi connectivity index (χ2v) is 6.87. The molecule has 1 atom stereocenters. The zero-order chi connectivity index (χ0) is 15.1. The normalized spacial score (nSPS) is 18.1. The molecule has 0 bridgehead atoms. The first-order chi connectivity index (χ1) is 9.20. The number of thioether (sulfide) groups is 1. The van der Waals surface area contributed by atoms with Gasteiger partial charge >= 0.3 is 5.97 Å². The van der Waals surface area contributed by atoms with Crippen molar-refractivity contribution in [2.75, 3.05) is 5.32 Å². The van der Waals surface area contributed by atoms with Crippen LogP contribution in [-0.4, -0.2) is 32.9 Å². The Hall–Kier alpha value is -1.73. The van der Waals surface area contributed by atoms with Crippen molar-refractivity contribution in [2.24, 2.45) is 5.73 Å². The Morgan fingerprint density at radius 3 is 2.75 bits per heavy atom. The fraction of sp³-hybridized carbons (Fsp3) is 0.385. The van der Waals surface area contributed by atoms with Crippen LogP contribution in [0.1, 0.15) is 19.4 Å². The number of aliphatic carboxylic acids is 1. The Morgan fingerprint density at radius 2 is 2.15 bits per heavy atom. The highest BCUT2D eigenvalue weighted by molar-refractivity contribution is 8.01. The molecule has 1 amide bonds. The van der Waals surface area contributed by atoms with Gasteiger partial charge < -0.3 is 21.3 Å². The predicted octanol–water partition coefficient (Wildman–Crippen LogP) is 1.17. The summed E-state index contributed by atoms with van der Waals surface area (Å²) in [5.74, 6) is -1.35. The van der Waals surface area contributed by atoms with Crippen molar-refractivity contribution in [2.45, 2.75) is 36.0 Å². The minimum absolute atomic E-state index is 0.0774. The molecule has 0 saturated heterocycles. The minimum atomic E-state index is -1.09. The number of hydrogen-bond donors (Lipinski definition) is 4. The van der Waals surface area contributed by atoms with Gasteiger partial charge in [-0.3, -0.25) is 9.59 Å². The third-order valence-corrected chi connectivity index (χ3v) is 4.30. The van der Waals surface area contributed by atoms with Gasteiger partial charge in [-0.05, 0) is 38.0 Å². The van der Waals surface area contributed by atoms with Gasteiger partial charge in [-0.1, -0.05) is 0 Å². The van der Waals surface area contributed by atoms with Crippen molar-refractivity contribution < 1.29 is 19.8 Å². The van der Waals surface area contributed by atoms with Gasteiger partial charge in [0.15, 0.2) is 0 Å². The number of phenolic OH excluding ortho intramolecular Hbond substituents is 1. The third-order valence-electron chi connectivity index (χ3n) is 3.06. The summed E-state index contributed by atoms with van der Waals surface area (Å²) in [4.78, 5) is 23.3. The zero-order valence-electron chi connectivity index (χ0n) is 11.1. The van der Waals surface area contributed by atoms with Crippen LogP contribution in [0.5, 0.6) is 5.75 Å². The number of fused-ring (bicyclic) bond motifs is 1. The number of aromatic hydroxyl groups is 1. The largest absolute Gasteiger partial charge is 0.506 e. The lowest BCUT2D eigenvalue weighted by Gasteiger charge is -2.30. The number of phenols is 1. The molecule has 1 aliphatic heterocycles. The molecule has 1 unspecified atom stereocenters. The molecule has 6 nitrogen and oxygen atoms in total. The van der Waals surface area contributed by atoms with Gasteiger partial charge in [-0.15, -0.1) is 11.8 Å². The number of amides is 1. The summed E-state index contributed by atoms with van der Waals surface area (Å²) in [6, 6.07) is 2.16. The molecule has 20 heavy (non-hydrogen) atoms. The van der Waals surface area contributed by atoms with Crippen molar-refractivity contribution in [3.8, 4) is 5.75 Å². The van der Waals surface area contributed by atoms with Gasteiger partial charge in [0.05, 0.1) is 10.4 Å². The highest BCUT2D eigenvalue weighted by atomic mass is 32.2. The molecule has 7 heteroatoms. The van der Waals surface area contributed by atoms with Crippen LogP contribution in [0, 0.1) is 0 Å². The summed E-state index contributed by atoms with van der Waals surface area (Å²) in [5, 5.41) is 21.4. The van der Waals surface area contributed by atoms with Crippen LogP contribution >= 0.6 is 11.8 Å². The number of carbonyl (C=O) groups excluding carboxylic acids is 1. The number of carboxylic acid groups (broad SMARTS) is 1. The molecule has 1 heterocycles. The molecule has 108 valence electrons. The molecule has 0 fully saturated rings. The minimum Gasteiger partial charge on any atom is -0.506 e. The first kappa shape index (κ1) is 14.7. The molecule has 0 aromatic heterocycles. The fourth-order valence-corrected chi connectivity index (χ4v) is 3.07. The van der Waals surface area contributed by atoms with Crippen LogP contribution in [0.25, 0.3) is 0 Å². The number of nitrogens with two attached hydrogens (primary N) is 1. The lowest BCUT2D eigenvalue weighted by atomic mass is 10.0. The lowest BCUT2D eigenvalue weighted by molar-refractivity contribution is -0.138. The second-order valence-electron chi connectivity index (χ2n) is 5.20. The maximum absolute atomic E-state index is 11.8. The summed E-state index contributed by atoms with van der Waals surface area (Å²) in [7, 11) is 0. The number of nitrogens with one attached hydrogen (secondary N) is 1. The first-order valence-electron chi connectivity index (χ1n) is 6.05. The van der Waals surface area contributed by atoms with Crippen LogP contribution in [0.4, 0.5) is 5.69 Å². The smallest absolute Gasteiger partial charge is 0.320 e. The van der Waals surface area contributed by atoms with Crippen molar-refractivity contribution >= 4 is 29.3 Å². The van der Waals surface area contributed by atoms with Crippen LogP contribution < -0.4 is 11.1 Å². The molecule has 1 aromatic carbocycles. The number of rotatable bonds is 3. The van der Waals surface area contributed by atoms with Gasteiger partial charge in [-0.2, -0.15) is 0 Å². The fourth-order valence-electron chi connectivity index (χ4n) is 1.91. The van der Waals surface area contributed by atoms with E-state index in [1.807, 2.05) is 0 Å². The maximum atomic E-state index is 11.8. The van der Waals surface area contributed by atoms with Gasteiger partial charge in [0.1, 0.15) is 11.8 Å². The molecule has 0 radical (unpaired) electrons. The summed E-state index contributed by atoms with van der Waals surface area (Å²) in [6.07, 6.45) is 0.116. The first-order valence-corrected chi connectivity index (χ1v) is 6.87. The van der Waals surface area contributed by atoms with Gasteiger partial charge in [0.2, 0.25) is 5.91 Å². The molecular formula is C13H16N2O4S. The second kappa shape index (κ2) is 4.99. The Balaban J connectivity index is 2.35. The maximum Gasteiger partial charge on any atom is 0.320 e. The van der Waals surface area contributed by atoms with Gasteiger partial charge in [-0.25, -0.2) is 0 Å². The molecular weight excluding hydrogens is 280 g/mol. The number of benzene rings is 1. The third kappa shape index (κ3) is 2.73. The predicted molar refractivity (Wildman–Crippen MR) is 76.0 cm³/mol. The Bertz CT molecular complexity index is 586. The molecule has 0 aliphatic carbocycles. The summed E-state index contributed by atoms with van der Waals surface area (Å²) >= 11 is 1.33. The van der Waals surface area contributed by atoms with Gasteiger partial charge in [0.25, 0.3) is 0 Å². The van der Waals surface area contributed by atoms with E-state index in [0.29, 0.717) is 16.1 Å². The molecule has 2 rings (SSSR count). The standard InChI is InChI=1S/C13H16N2O4S/c1-13(2)12(19)15-10-8(16)4-6(5-9(10)20-13)3-7(14)11(17)18/h4-5,7,16H,3,14H2,1-2H3,(H,15,19)(H,17,18). The SMILES string of the molecule is CC1(C)Sc2cc(CC(N)C(=O)O)cc(O)c2NC1=O. The van der Waals surface area contributed by atoms with Crippen LogP contribution in [-0.2, 0) is 16.0 Å². The number of anilines is 1. The Kier molecular flexibility index (Phi) is 3.66. The van der Waals surface area contributed by atoms with E-state index >= 15 is 0 Å². The van der Waals surface area contributed by atoms with Crippen molar-refractivity contribution in [1.29, 1.82) is 0 Å². The van der Waals surface area contributed by atoms with E-state index in [4.69, 9.17) is 10.8 Å². The Morgan fingerprint density at radius 1 is 1.50 bits per heavy atom. The zero-order valence-corrected chi connectivity index (χ0v) is 12.0. The topological polar surface area (TPSA) is 113 Å². The van der Waals surface area contributed by atoms with Crippen molar-refractivity contribution in [1.82, 2.24) is 0 Å². The van der Waals surface area contributed by atoms with E-state index in [0.717, 1.165) is 0 Å². The van der Waals surface area contributed by atoms with Gasteiger partial charge in [0, 0.05) is 4.90 Å². The molecule has 1 aliphatic rings. The van der Waals surface area contributed by atoms with Crippen LogP contribution in [0.3, 0.4) is 0 Å². The highest BCUT2D eigenvalue weighted by Crippen LogP contribution is 2.46. The van der Waals surface area contributed by atoms with E-state index < -0.39 is 16.8 Å². The molecule has 1 aromatic rings. The van der Waals surface area contributed by atoms with Crippen LogP contribution in [0.15, 0.2) is 17.0 Å². The van der Waals surface area contributed by atoms with E-state index in [-0.39, 0.29) is 18.1 Å². The molecule has 0 saturated carbocycles. The van der Waals surface area contributed by atoms with E-state index in [1.54, 1.807) is 19.9 Å². The van der Waals surface area contributed by atoms with E-state index in [1.165, 1.54) is 17.8 Å². The van der Waals surface area contributed by atoms with Crippen molar-refractivity contribution in [3.05, 3.63) is 17.7 Å². The number of carbonyl (C=O) groups is 2. The summed E-state index contributed by atoms with van der Waals surface area (Å²) in [6.45, 7) is 3.56. The average molecular weight is 296 g/mol. The van der Waals surface area contributed by atoms with E-state index in [9.17, 15) is 14.7 Å². The Labute approximate surface area is 120 Å². The van der Waals surface area contributed by atoms with Crippen LogP contribution in [0.2, 0.25) is 0 Å². The number of hydrogen-bond acceptors (Lipinski definition) is 5. The monoisotopic (exact) mass is 296 g/mol. The quantitative estimate of drug-likeness (QED) is 0.623. The van der Waals surface area contributed by atoms with Crippen molar-refractivity contribution in [3.63, 3.8) is 0 Å². The average Bonchev–Trinajstić information content (AvgIpc) is 2.31. The summed E-state index contributed by atoms with van der Waals surface area (Å²) < 4.78 is -0.646. The van der Waals surface area contributed by atoms with E-state index in [2.05, 4.69) is 5.32 Å². The molecule has 0 spiro atoms. The highest BCUT2D eigenvalue weighted by Gasteiger charge is 2.36. The summed E-state index contributed by atoms with van der Waals surface area (Å²) in [5.41, 5.74) is 6.48. The molecule has 5 N–H and O–H groups in total.